The van der Waals surface area contributed by atoms with Gasteiger partial charge in [0.2, 0.25) is 0 Å². The summed E-state index contributed by atoms with van der Waals surface area (Å²) in [5.41, 5.74) is 2.26. The number of fused-ring (bicyclic) bond motifs is 1. The fourth-order valence-corrected chi connectivity index (χ4v) is 4.55. The molecule has 0 aliphatic rings. The molecule has 1 heterocycles. The van der Waals surface area contributed by atoms with E-state index in [1.165, 1.54) is 0 Å². The van der Waals surface area contributed by atoms with Gasteiger partial charge in [0.1, 0.15) is 17.1 Å². The lowest BCUT2D eigenvalue weighted by molar-refractivity contribution is 0.103. The number of carbonyl (C=O) groups is 1. The normalized spacial score (nSPS) is 11.6. The Morgan fingerprint density at radius 2 is 1.61 bits per heavy atom. The summed E-state index contributed by atoms with van der Waals surface area (Å²) in [7, 11) is -3.65. The molecule has 28 heavy (non-hydrogen) atoms. The number of rotatable bonds is 5. The number of furan rings is 1. The van der Waals surface area contributed by atoms with Crippen LogP contribution in [-0.4, -0.2) is 14.2 Å². The van der Waals surface area contributed by atoms with Gasteiger partial charge in [-0.05, 0) is 31.2 Å². The second-order valence-electron chi connectivity index (χ2n) is 6.67. The van der Waals surface area contributed by atoms with Crippen LogP contribution in [0.25, 0.3) is 11.0 Å². The minimum Gasteiger partial charge on any atom is -0.459 e. The number of sulfone groups is 1. The van der Waals surface area contributed by atoms with Crippen molar-refractivity contribution in [3.63, 3.8) is 0 Å². The van der Waals surface area contributed by atoms with E-state index in [9.17, 15) is 13.2 Å². The fraction of sp³-hybridized carbons (Fsp3) is 0.0870. The number of carbonyl (C=O) groups excluding carboxylic acids is 1. The maximum atomic E-state index is 13.3. The predicted molar refractivity (Wildman–Crippen MR) is 108 cm³/mol. The molecular weight excluding hydrogens is 372 g/mol. The van der Waals surface area contributed by atoms with E-state index in [4.69, 9.17) is 4.42 Å². The molecule has 0 atom stereocenters. The third-order valence-electron chi connectivity index (χ3n) is 4.60. The highest BCUT2D eigenvalue weighted by atomic mass is 32.2. The van der Waals surface area contributed by atoms with Crippen molar-refractivity contribution in [2.75, 3.05) is 0 Å². The molecule has 4 rings (SSSR count). The second-order valence-corrected chi connectivity index (χ2v) is 8.66. The van der Waals surface area contributed by atoms with E-state index in [-0.39, 0.29) is 22.2 Å². The van der Waals surface area contributed by atoms with Crippen LogP contribution >= 0.6 is 0 Å². The molecule has 4 nitrogen and oxygen atoms in total. The van der Waals surface area contributed by atoms with Crippen LogP contribution in [-0.2, 0) is 15.6 Å². The molecule has 0 amide bonds. The highest BCUT2D eigenvalue weighted by molar-refractivity contribution is 7.90. The first kappa shape index (κ1) is 18.2. The van der Waals surface area contributed by atoms with Crippen LogP contribution in [0.5, 0.6) is 0 Å². The summed E-state index contributed by atoms with van der Waals surface area (Å²) < 4.78 is 31.6. The fourth-order valence-electron chi connectivity index (χ4n) is 3.26. The number of ketones is 1. The average molecular weight is 390 g/mol. The van der Waals surface area contributed by atoms with E-state index in [1.54, 1.807) is 66.7 Å². The molecule has 0 spiro atoms. The Morgan fingerprint density at radius 1 is 0.893 bits per heavy atom. The van der Waals surface area contributed by atoms with E-state index in [0.29, 0.717) is 22.1 Å². The van der Waals surface area contributed by atoms with Crippen LogP contribution in [0.2, 0.25) is 0 Å². The summed E-state index contributed by atoms with van der Waals surface area (Å²) in [5.74, 6) is -0.457. The van der Waals surface area contributed by atoms with Crippen molar-refractivity contribution in [3.05, 3.63) is 101 Å². The van der Waals surface area contributed by atoms with Crippen molar-refractivity contribution >= 4 is 26.6 Å². The largest absolute Gasteiger partial charge is 0.459 e. The summed E-state index contributed by atoms with van der Waals surface area (Å²) in [4.78, 5) is 13.5. The summed E-state index contributed by atoms with van der Waals surface area (Å²) in [6, 6.07) is 22.5. The molecule has 0 radical (unpaired) electrons. The molecule has 1 aromatic heterocycles. The van der Waals surface area contributed by atoms with Gasteiger partial charge in [-0.1, -0.05) is 60.2 Å². The molecule has 4 aromatic rings. The monoisotopic (exact) mass is 390 g/mol. The lowest BCUT2D eigenvalue weighted by atomic mass is 9.99. The van der Waals surface area contributed by atoms with Gasteiger partial charge in [-0.15, -0.1) is 0 Å². The van der Waals surface area contributed by atoms with Crippen LogP contribution in [0.1, 0.15) is 27.2 Å². The van der Waals surface area contributed by atoms with E-state index in [0.717, 1.165) is 5.56 Å². The lowest BCUT2D eigenvalue weighted by Gasteiger charge is -2.06. The van der Waals surface area contributed by atoms with Crippen molar-refractivity contribution in [1.29, 1.82) is 0 Å². The molecule has 3 aromatic carbocycles. The Labute approximate surface area is 163 Å². The van der Waals surface area contributed by atoms with Crippen molar-refractivity contribution in [2.24, 2.45) is 0 Å². The molecule has 0 fully saturated rings. The van der Waals surface area contributed by atoms with Crippen LogP contribution in [0.15, 0.2) is 88.2 Å². The van der Waals surface area contributed by atoms with Crippen LogP contribution in [0, 0.1) is 6.92 Å². The number of benzene rings is 3. The van der Waals surface area contributed by atoms with E-state index >= 15 is 0 Å². The highest BCUT2D eigenvalue weighted by Crippen LogP contribution is 2.31. The maximum Gasteiger partial charge on any atom is 0.197 e. The molecule has 0 bridgehead atoms. The Kier molecular flexibility index (Phi) is 4.61. The summed E-state index contributed by atoms with van der Waals surface area (Å²) in [5, 5.41) is 0.618. The molecule has 5 heteroatoms. The van der Waals surface area contributed by atoms with Gasteiger partial charge in [0.25, 0.3) is 0 Å². The predicted octanol–water partition coefficient (Wildman–Crippen LogP) is 4.95. The summed E-state index contributed by atoms with van der Waals surface area (Å²) >= 11 is 0. The smallest absolute Gasteiger partial charge is 0.197 e. The van der Waals surface area contributed by atoms with Crippen molar-refractivity contribution in [1.82, 2.24) is 0 Å². The molecule has 140 valence electrons. The minimum atomic E-state index is -3.65. The first-order valence-corrected chi connectivity index (χ1v) is 10.5. The van der Waals surface area contributed by atoms with Gasteiger partial charge in [0.05, 0.1) is 10.5 Å². The summed E-state index contributed by atoms with van der Waals surface area (Å²) in [6.45, 7) is 1.91. The van der Waals surface area contributed by atoms with Crippen molar-refractivity contribution in [2.45, 2.75) is 17.6 Å². The van der Waals surface area contributed by atoms with Crippen LogP contribution in [0.3, 0.4) is 0 Å². The van der Waals surface area contributed by atoms with Crippen LogP contribution < -0.4 is 0 Å². The Balaban J connectivity index is 1.85. The van der Waals surface area contributed by atoms with Gasteiger partial charge in [0.15, 0.2) is 15.6 Å². The Bertz CT molecular complexity index is 1270. The van der Waals surface area contributed by atoms with Crippen LogP contribution in [0.4, 0.5) is 0 Å². The first-order chi connectivity index (χ1) is 13.5. The van der Waals surface area contributed by atoms with E-state index in [1.807, 2.05) is 19.1 Å². The summed E-state index contributed by atoms with van der Waals surface area (Å²) in [6.07, 6.45) is 0. The molecule has 0 aliphatic carbocycles. The third-order valence-corrected chi connectivity index (χ3v) is 6.23. The van der Waals surface area contributed by atoms with Gasteiger partial charge < -0.3 is 4.42 Å². The molecular formula is C23H18O4S. The minimum absolute atomic E-state index is 0.163. The zero-order valence-corrected chi connectivity index (χ0v) is 16.1. The number of aryl methyl sites for hydroxylation is 1. The van der Waals surface area contributed by atoms with Gasteiger partial charge in [-0.2, -0.15) is 0 Å². The number of hydrogen-bond donors (Lipinski definition) is 0. The zero-order chi connectivity index (χ0) is 19.7. The maximum absolute atomic E-state index is 13.3. The molecule has 0 saturated heterocycles. The average Bonchev–Trinajstić information content (AvgIpc) is 3.05. The van der Waals surface area contributed by atoms with Gasteiger partial charge in [-0.3, -0.25) is 4.79 Å². The highest BCUT2D eigenvalue weighted by Gasteiger charge is 2.26. The van der Waals surface area contributed by atoms with Gasteiger partial charge >= 0.3 is 0 Å². The van der Waals surface area contributed by atoms with E-state index < -0.39 is 9.84 Å². The molecule has 0 aliphatic heterocycles. The quantitative estimate of drug-likeness (QED) is 0.453. The molecule has 0 saturated carbocycles. The Morgan fingerprint density at radius 3 is 2.36 bits per heavy atom. The van der Waals surface area contributed by atoms with Gasteiger partial charge in [0, 0.05) is 10.9 Å². The van der Waals surface area contributed by atoms with Crippen molar-refractivity contribution < 1.29 is 17.6 Å². The van der Waals surface area contributed by atoms with E-state index in [2.05, 4.69) is 0 Å². The standard InChI is InChI=1S/C23H18O4S/c1-16-8-7-9-17(14-16)23(24)22-19-12-5-6-13-20(19)27-21(22)15-28(25,26)18-10-3-2-4-11-18/h2-14H,15H2,1H3. The van der Waals surface area contributed by atoms with Gasteiger partial charge in [-0.25, -0.2) is 8.42 Å². The topological polar surface area (TPSA) is 64.3 Å². The zero-order valence-electron chi connectivity index (χ0n) is 15.3. The molecule has 0 unspecified atom stereocenters. The number of hydrogen-bond acceptors (Lipinski definition) is 4. The SMILES string of the molecule is Cc1cccc(C(=O)c2c(CS(=O)(=O)c3ccccc3)oc3ccccc23)c1. The lowest BCUT2D eigenvalue weighted by Crippen LogP contribution is -2.09. The second kappa shape index (κ2) is 7.09. The molecule has 0 N–H and O–H groups in total. The first-order valence-electron chi connectivity index (χ1n) is 8.85. The Hall–Kier alpha value is -3.18. The number of para-hydroxylation sites is 1. The third kappa shape index (κ3) is 3.37. The van der Waals surface area contributed by atoms with Crippen molar-refractivity contribution in [3.8, 4) is 0 Å².